The standard InChI is InChI=1S/C69H42BN5O/c1-43-35-66-69-68(36-43)76-67-40-48(55-38-45(42-72)28-34-64(55)74-61-25-13-8-20-52(61)53-21-9-14-26-62(53)74)30-32-57(67)70(69)56-31-29-47(39-65(56)75(66)58-22-10-5-17-49(58)46-15-3-2-4-16-46)54-37-44(41-71)27-33-63(54)73-59-23-11-6-18-50(59)51-19-7-12-24-60(51)73/h2-40H,1H3/i1D3. The molecule has 0 saturated heterocycles. The number of fused-ring (bicyclic) bond motifs is 10. The first-order valence-electron chi connectivity index (χ1n) is 26.9. The molecule has 13 aromatic rings. The number of nitrogens with zero attached hydrogens (tertiary/aromatic N) is 5. The highest BCUT2D eigenvalue weighted by atomic mass is 16.5. The van der Waals surface area contributed by atoms with E-state index in [0.29, 0.717) is 28.3 Å². The third-order valence-electron chi connectivity index (χ3n) is 15.5. The lowest BCUT2D eigenvalue weighted by Gasteiger charge is -2.41. The Balaban J connectivity index is 0.986. The Hall–Kier alpha value is -10.3. The lowest BCUT2D eigenvalue weighted by atomic mass is 9.34. The third kappa shape index (κ3) is 6.46. The summed E-state index contributed by atoms with van der Waals surface area (Å²) in [6, 6.07) is 85.1. The van der Waals surface area contributed by atoms with Crippen LogP contribution in [0, 0.1) is 29.5 Å². The van der Waals surface area contributed by atoms with E-state index < -0.39 is 13.6 Å². The number of hydrogen-bond donors (Lipinski definition) is 0. The van der Waals surface area contributed by atoms with Gasteiger partial charge in [0.15, 0.2) is 0 Å². The van der Waals surface area contributed by atoms with Crippen molar-refractivity contribution >= 4 is 83.8 Å². The summed E-state index contributed by atoms with van der Waals surface area (Å²) in [5.41, 5.74) is 17.7. The van der Waals surface area contributed by atoms with Crippen molar-refractivity contribution in [2.75, 3.05) is 4.90 Å². The van der Waals surface area contributed by atoms with Gasteiger partial charge in [-0.1, -0.05) is 146 Å². The molecule has 4 heterocycles. The molecule has 0 atom stereocenters. The molecule has 6 nitrogen and oxygen atoms in total. The molecule has 0 spiro atoms. The van der Waals surface area contributed by atoms with Crippen LogP contribution >= 0.6 is 0 Å². The van der Waals surface area contributed by atoms with Crippen molar-refractivity contribution in [2.45, 2.75) is 6.85 Å². The molecule has 2 aliphatic rings. The van der Waals surface area contributed by atoms with Gasteiger partial charge in [-0.05, 0) is 136 Å². The second-order valence-corrected chi connectivity index (χ2v) is 19.6. The van der Waals surface area contributed by atoms with Crippen LogP contribution in [0.1, 0.15) is 20.8 Å². The number of para-hydroxylation sites is 5. The third-order valence-corrected chi connectivity index (χ3v) is 15.5. The van der Waals surface area contributed by atoms with Gasteiger partial charge < -0.3 is 18.8 Å². The summed E-state index contributed by atoms with van der Waals surface area (Å²) in [6.07, 6.45) is 0. The van der Waals surface area contributed by atoms with E-state index in [1.54, 1.807) is 6.07 Å². The van der Waals surface area contributed by atoms with Gasteiger partial charge in [0, 0.05) is 53.7 Å². The smallest absolute Gasteiger partial charge is 0.256 e. The van der Waals surface area contributed by atoms with Crippen LogP contribution in [0.3, 0.4) is 0 Å². The zero-order valence-corrected chi connectivity index (χ0v) is 40.7. The van der Waals surface area contributed by atoms with Crippen molar-refractivity contribution in [1.29, 1.82) is 10.5 Å². The SMILES string of the molecule is [2H]C([2H])([2H])c1cc2c3c(c1)N(c1ccccc1-c1ccccc1)c1cc(-c4cc(C#N)ccc4-n4c5ccccc5c5ccccc54)ccc1B3c1ccc(-c3cc(C#N)ccc3-n3c4ccccc4c4ccccc43)cc1O2. The van der Waals surface area contributed by atoms with Crippen LogP contribution in [0.25, 0.3) is 88.4 Å². The molecular weight excluding hydrogens is 926 g/mol. The van der Waals surface area contributed by atoms with Gasteiger partial charge in [-0.25, -0.2) is 0 Å². The Morgan fingerprint density at radius 3 is 1.47 bits per heavy atom. The van der Waals surface area contributed by atoms with E-state index in [1.165, 1.54) is 0 Å². The first-order valence-corrected chi connectivity index (χ1v) is 25.4. The van der Waals surface area contributed by atoms with Gasteiger partial charge in [0.05, 0.1) is 62.4 Å². The highest BCUT2D eigenvalue weighted by Crippen LogP contribution is 2.47. The summed E-state index contributed by atoms with van der Waals surface area (Å²) >= 11 is 0. The molecule has 0 amide bonds. The van der Waals surface area contributed by atoms with Crippen LogP contribution in [-0.2, 0) is 0 Å². The molecule has 0 N–H and O–H groups in total. The minimum absolute atomic E-state index is 0.146. The normalized spacial score (nSPS) is 13.1. The molecule has 0 aliphatic carbocycles. The quantitative estimate of drug-likeness (QED) is 0.156. The molecule has 0 unspecified atom stereocenters. The Morgan fingerprint density at radius 1 is 0.395 bits per heavy atom. The number of aromatic nitrogens is 2. The minimum Gasteiger partial charge on any atom is -0.458 e. The maximum absolute atomic E-state index is 10.5. The molecule has 0 bridgehead atoms. The van der Waals surface area contributed by atoms with E-state index in [0.717, 1.165) is 116 Å². The summed E-state index contributed by atoms with van der Waals surface area (Å²) in [5, 5.41) is 25.4. The predicted molar refractivity (Wildman–Crippen MR) is 311 cm³/mol. The molecule has 0 fully saturated rings. The first kappa shape index (κ1) is 40.2. The average molecular weight is 971 g/mol. The van der Waals surface area contributed by atoms with Crippen molar-refractivity contribution < 1.29 is 8.85 Å². The maximum atomic E-state index is 10.5. The molecule has 7 heteroatoms. The van der Waals surface area contributed by atoms with Crippen LogP contribution in [0.4, 0.5) is 17.1 Å². The summed E-state index contributed by atoms with van der Waals surface area (Å²) < 4.78 is 38.5. The van der Waals surface area contributed by atoms with Crippen LogP contribution in [0.15, 0.2) is 237 Å². The van der Waals surface area contributed by atoms with Crippen LogP contribution in [0.2, 0.25) is 0 Å². The Morgan fingerprint density at radius 2 is 0.908 bits per heavy atom. The molecular formula is C69H42BN5O. The molecule has 352 valence electrons. The van der Waals surface area contributed by atoms with Gasteiger partial charge in [-0.3, -0.25) is 0 Å². The van der Waals surface area contributed by atoms with E-state index in [2.05, 4.69) is 166 Å². The number of anilines is 3. The van der Waals surface area contributed by atoms with Crippen LogP contribution < -0.4 is 26.0 Å². The van der Waals surface area contributed by atoms with Crippen molar-refractivity contribution in [3.05, 3.63) is 253 Å². The van der Waals surface area contributed by atoms with Crippen molar-refractivity contribution in [2.24, 2.45) is 0 Å². The van der Waals surface area contributed by atoms with Crippen molar-refractivity contribution in [3.8, 4) is 68.4 Å². The predicted octanol–water partition coefficient (Wildman–Crippen LogP) is 15.3. The largest absolute Gasteiger partial charge is 0.458 e. The summed E-state index contributed by atoms with van der Waals surface area (Å²) in [5.74, 6) is 1.04. The van der Waals surface area contributed by atoms with Gasteiger partial charge in [0.2, 0.25) is 0 Å². The van der Waals surface area contributed by atoms with E-state index in [9.17, 15) is 10.5 Å². The highest BCUT2D eigenvalue weighted by molar-refractivity contribution is 6.99. The average Bonchev–Trinajstić information content (AvgIpc) is 3.86. The van der Waals surface area contributed by atoms with Crippen molar-refractivity contribution in [3.63, 3.8) is 0 Å². The van der Waals surface area contributed by atoms with E-state index >= 15 is 0 Å². The zero-order chi connectivity index (χ0) is 53.1. The second-order valence-electron chi connectivity index (χ2n) is 19.6. The van der Waals surface area contributed by atoms with Gasteiger partial charge in [0.25, 0.3) is 6.71 Å². The number of rotatable bonds is 6. The highest BCUT2D eigenvalue weighted by Gasteiger charge is 2.43. The number of benzene rings is 11. The summed E-state index contributed by atoms with van der Waals surface area (Å²) in [6.45, 7) is -2.90. The number of hydrogen-bond acceptors (Lipinski definition) is 4. The Bertz CT molecular complexity index is 4710. The van der Waals surface area contributed by atoms with Crippen molar-refractivity contribution in [1.82, 2.24) is 9.13 Å². The molecule has 2 aliphatic heterocycles. The fraction of sp³-hybridized carbons (Fsp3) is 0.0145. The molecule has 11 aromatic carbocycles. The number of ether oxygens (including phenoxy) is 1. The molecule has 0 saturated carbocycles. The van der Waals surface area contributed by atoms with Crippen LogP contribution in [0.5, 0.6) is 11.5 Å². The van der Waals surface area contributed by atoms with E-state index in [4.69, 9.17) is 8.85 Å². The minimum atomic E-state index is -2.50. The maximum Gasteiger partial charge on any atom is 0.256 e. The van der Waals surface area contributed by atoms with Gasteiger partial charge >= 0.3 is 0 Å². The Kier molecular flexibility index (Phi) is 8.92. The lowest BCUT2D eigenvalue weighted by Crippen LogP contribution is -2.59. The lowest BCUT2D eigenvalue weighted by molar-refractivity contribution is 0.487. The van der Waals surface area contributed by atoms with Gasteiger partial charge in [0.1, 0.15) is 11.5 Å². The summed E-state index contributed by atoms with van der Waals surface area (Å²) in [7, 11) is 0. The topological polar surface area (TPSA) is 69.9 Å². The van der Waals surface area contributed by atoms with E-state index in [-0.39, 0.29) is 5.56 Å². The number of nitriles is 2. The monoisotopic (exact) mass is 970 g/mol. The molecule has 0 radical (unpaired) electrons. The zero-order valence-electron chi connectivity index (χ0n) is 43.7. The number of aryl methyl sites for hydroxylation is 1. The van der Waals surface area contributed by atoms with Crippen LogP contribution in [-0.4, -0.2) is 15.8 Å². The van der Waals surface area contributed by atoms with E-state index in [1.807, 2.05) is 91.0 Å². The Labute approximate surface area is 443 Å². The fourth-order valence-corrected chi connectivity index (χ4v) is 12.3. The van der Waals surface area contributed by atoms with Gasteiger partial charge in [-0.2, -0.15) is 10.5 Å². The summed E-state index contributed by atoms with van der Waals surface area (Å²) in [4.78, 5) is 2.22. The molecule has 15 rings (SSSR count). The molecule has 2 aromatic heterocycles. The molecule has 76 heavy (non-hydrogen) atoms. The second kappa shape index (κ2) is 16.9. The van der Waals surface area contributed by atoms with Gasteiger partial charge in [-0.15, -0.1) is 0 Å². The first-order chi connectivity index (χ1) is 38.7. The fourth-order valence-electron chi connectivity index (χ4n) is 12.3.